The number of hydrogen-bond acceptors (Lipinski definition) is 2. The van der Waals surface area contributed by atoms with Crippen LogP contribution in [0.3, 0.4) is 0 Å². The van der Waals surface area contributed by atoms with E-state index >= 15 is 0 Å². The first kappa shape index (κ1) is 9.97. The van der Waals surface area contributed by atoms with Gasteiger partial charge >= 0.3 is 0 Å². The van der Waals surface area contributed by atoms with Gasteiger partial charge in [-0.15, -0.1) is 0 Å². The Morgan fingerprint density at radius 2 is 1.80 bits per heavy atom. The molecule has 15 heavy (non-hydrogen) atoms. The van der Waals surface area contributed by atoms with Crippen molar-refractivity contribution in [3.63, 3.8) is 0 Å². The highest BCUT2D eigenvalue weighted by Gasteiger charge is 2.33. The second-order valence-electron chi connectivity index (χ2n) is 4.03. The van der Waals surface area contributed by atoms with Crippen LogP contribution in [0, 0.1) is 17.1 Å². The van der Waals surface area contributed by atoms with Crippen molar-refractivity contribution in [2.24, 2.45) is 0 Å². The number of benzene rings is 1. The molecule has 3 heteroatoms. The van der Waals surface area contributed by atoms with Crippen LogP contribution in [0.1, 0.15) is 25.7 Å². The van der Waals surface area contributed by atoms with Crippen LogP contribution >= 0.6 is 0 Å². The molecule has 0 unspecified atom stereocenters. The monoisotopic (exact) mass is 204 g/mol. The van der Waals surface area contributed by atoms with E-state index in [1.54, 1.807) is 12.1 Å². The average Bonchev–Trinajstić information content (AvgIpc) is 2.71. The minimum Gasteiger partial charge on any atom is -0.367 e. The van der Waals surface area contributed by atoms with E-state index in [1.165, 1.54) is 12.1 Å². The van der Waals surface area contributed by atoms with Gasteiger partial charge in [-0.1, -0.05) is 0 Å². The molecule has 0 heterocycles. The number of rotatable bonds is 2. The molecule has 1 fully saturated rings. The van der Waals surface area contributed by atoms with Gasteiger partial charge in [0.15, 0.2) is 0 Å². The van der Waals surface area contributed by atoms with Crippen molar-refractivity contribution in [3.05, 3.63) is 30.1 Å². The molecule has 0 radical (unpaired) electrons. The summed E-state index contributed by atoms with van der Waals surface area (Å²) in [7, 11) is 0. The summed E-state index contributed by atoms with van der Waals surface area (Å²) in [6.07, 6.45) is 3.92. The Morgan fingerprint density at radius 1 is 1.20 bits per heavy atom. The van der Waals surface area contributed by atoms with Crippen LogP contribution in [0.2, 0.25) is 0 Å². The quantitative estimate of drug-likeness (QED) is 0.803. The van der Waals surface area contributed by atoms with Gasteiger partial charge in [0, 0.05) is 5.69 Å². The molecule has 78 valence electrons. The van der Waals surface area contributed by atoms with E-state index in [0.717, 1.165) is 31.4 Å². The van der Waals surface area contributed by atoms with Crippen molar-refractivity contribution in [1.82, 2.24) is 0 Å². The van der Waals surface area contributed by atoms with E-state index in [9.17, 15) is 4.39 Å². The third-order valence-electron chi connectivity index (χ3n) is 2.90. The zero-order valence-corrected chi connectivity index (χ0v) is 8.46. The summed E-state index contributed by atoms with van der Waals surface area (Å²) in [6, 6.07) is 8.49. The maximum absolute atomic E-state index is 12.7. The number of nitrogens with zero attached hydrogens (tertiary/aromatic N) is 1. The first-order chi connectivity index (χ1) is 7.24. The number of hydrogen-bond donors (Lipinski definition) is 1. The molecule has 2 nitrogen and oxygen atoms in total. The first-order valence-corrected chi connectivity index (χ1v) is 5.19. The Morgan fingerprint density at radius 3 is 2.33 bits per heavy atom. The summed E-state index contributed by atoms with van der Waals surface area (Å²) in [6.45, 7) is 0. The molecule has 1 aliphatic carbocycles. The third-order valence-corrected chi connectivity index (χ3v) is 2.90. The predicted molar refractivity (Wildman–Crippen MR) is 56.8 cm³/mol. The van der Waals surface area contributed by atoms with Crippen LogP contribution in [0.15, 0.2) is 24.3 Å². The van der Waals surface area contributed by atoms with Crippen molar-refractivity contribution < 1.29 is 4.39 Å². The molecule has 2 rings (SSSR count). The van der Waals surface area contributed by atoms with E-state index in [1.807, 2.05) is 0 Å². The second kappa shape index (κ2) is 3.90. The molecular weight excluding hydrogens is 191 g/mol. The van der Waals surface area contributed by atoms with Crippen molar-refractivity contribution in [1.29, 1.82) is 5.26 Å². The molecule has 0 aromatic heterocycles. The molecule has 1 aromatic carbocycles. The number of halogens is 1. The molecule has 1 N–H and O–H groups in total. The van der Waals surface area contributed by atoms with Gasteiger partial charge in [0.2, 0.25) is 0 Å². The molecule has 1 aliphatic rings. The molecule has 1 saturated carbocycles. The standard InChI is InChI=1S/C12H13FN2/c13-10-3-5-11(6-4-10)15-12(9-14)7-1-2-8-12/h3-6,15H,1-2,7-8H2. The van der Waals surface area contributed by atoms with E-state index in [0.29, 0.717) is 0 Å². The lowest BCUT2D eigenvalue weighted by Gasteiger charge is -2.23. The lowest BCUT2D eigenvalue weighted by atomic mass is 9.99. The summed E-state index contributed by atoms with van der Waals surface area (Å²) in [5.74, 6) is -0.252. The predicted octanol–water partition coefficient (Wildman–Crippen LogP) is 3.07. The Bertz CT molecular complexity index is 372. The van der Waals surface area contributed by atoms with Gasteiger partial charge in [-0.25, -0.2) is 4.39 Å². The highest BCUT2D eigenvalue weighted by atomic mass is 19.1. The molecule has 1 aromatic rings. The van der Waals surface area contributed by atoms with Gasteiger partial charge in [-0.2, -0.15) is 5.26 Å². The van der Waals surface area contributed by atoms with Gasteiger partial charge in [-0.3, -0.25) is 0 Å². The van der Waals surface area contributed by atoms with Gasteiger partial charge < -0.3 is 5.32 Å². The lowest BCUT2D eigenvalue weighted by Crippen LogP contribution is -2.32. The molecule has 0 atom stereocenters. The Balaban J connectivity index is 2.14. The molecule has 0 aliphatic heterocycles. The summed E-state index contributed by atoms with van der Waals surface area (Å²) < 4.78 is 12.7. The second-order valence-corrected chi connectivity index (χ2v) is 4.03. The topological polar surface area (TPSA) is 35.8 Å². The van der Waals surface area contributed by atoms with E-state index in [4.69, 9.17) is 5.26 Å². The van der Waals surface area contributed by atoms with Crippen LogP contribution in [0.25, 0.3) is 0 Å². The fraction of sp³-hybridized carbons (Fsp3) is 0.417. The minimum absolute atomic E-state index is 0.252. The molecule has 0 bridgehead atoms. The van der Waals surface area contributed by atoms with Gasteiger partial charge in [0.25, 0.3) is 0 Å². The van der Waals surface area contributed by atoms with Gasteiger partial charge in [0.1, 0.15) is 11.4 Å². The highest BCUT2D eigenvalue weighted by molar-refractivity contribution is 5.48. The van der Waals surface area contributed by atoms with Gasteiger partial charge in [-0.05, 0) is 49.9 Å². The van der Waals surface area contributed by atoms with E-state index in [-0.39, 0.29) is 5.82 Å². The minimum atomic E-state index is -0.433. The van der Waals surface area contributed by atoms with Crippen molar-refractivity contribution in [2.45, 2.75) is 31.2 Å². The summed E-state index contributed by atoms with van der Waals surface area (Å²) in [5, 5.41) is 12.3. The number of nitriles is 1. The fourth-order valence-electron chi connectivity index (χ4n) is 2.05. The SMILES string of the molecule is N#CC1(Nc2ccc(F)cc2)CCCC1. The van der Waals surface area contributed by atoms with Gasteiger partial charge in [0.05, 0.1) is 6.07 Å². The van der Waals surface area contributed by atoms with Crippen LogP contribution in [0.5, 0.6) is 0 Å². The number of nitrogens with one attached hydrogen (secondary N) is 1. The van der Waals surface area contributed by atoms with Crippen molar-refractivity contribution in [3.8, 4) is 6.07 Å². The van der Waals surface area contributed by atoms with Crippen molar-refractivity contribution in [2.75, 3.05) is 5.32 Å². The zero-order chi connectivity index (χ0) is 10.7. The first-order valence-electron chi connectivity index (χ1n) is 5.19. The maximum atomic E-state index is 12.7. The third kappa shape index (κ3) is 2.10. The number of anilines is 1. The lowest BCUT2D eigenvalue weighted by molar-refractivity contribution is 0.610. The Hall–Kier alpha value is -1.56. The van der Waals surface area contributed by atoms with Crippen LogP contribution < -0.4 is 5.32 Å². The van der Waals surface area contributed by atoms with E-state index in [2.05, 4.69) is 11.4 Å². The van der Waals surface area contributed by atoms with Crippen LogP contribution in [0.4, 0.5) is 10.1 Å². The Labute approximate surface area is 88.7 Å². The highest BCUT2D eigenvalue weighted by Crippen LogP contribution is 2.32. The summed E-state index contributed by atoms with van der Waals surface area (Å²) in [5.41, 5.74) is 0.387. The normalized spacial score (nSPS) is 18.4. The summed E-state index contributed by atoms with van der Waals surface area (Å²) in [4.78, 5) is 0. The maximum Gasteiger partial charge on any atom is 0.125 e. The van der Waals surface area contributed by atoms with Crippen LogP contribution in [-0.4, -0.2) is 5.54 Å². The van der Waals surface area contributed by atoms with Crippen LogP contribution in [-0.2, 0) is 0 Å². The smallest absolute Gasteiger partial charge is 0.125 e. The van der Waals surface area contributed by atoms with Crippen molar-refractivity contribution >= 4 is 5.69 Å². The molecular formula is C12H13FN2. The Kier molecular flexibility index (Phi) is 2.59. The fourth-order valence-corrected chi connectivity index (χ4v) is 2.05. The zero-order valence-electron chi connectivity index (χ0n) is 8.46. The van der Waals surface area contributed by atoms with E-state index < -0.39 is 5.54 Å². The summed E-state index contributed by atoms with van der Waals surface area (Å²) >= 11 is 0. The largest absolute Gasteiger partial charge is 0.367 e. The average molecular weight is 204 g/mol. The molecule has 0 spiro atoms. The molecule has 0 saturated heterocycles. The molecule has 0 amide bonds.